The summed E-state index contributed by atoms with van der Waals surface area (Å²) in [7, 11) is 0. The van der Waals surface area contributed by atoms with E-state index in [-0.39, 0.29) is 18.2 Å². The number of aryl methyl sites for hydroxylation is 1. The Labute approximate surface area is 92.7 Å². The summed E-state index contributed by atoms with van der Waals surface area (Å²) in [6, 6.07) is 8.21. The van der Waals surface area contributed by atoms with Gasteiger partial charge in [0.1, 0.15) is 5.84 Å². The summed E-state index contributed by atoms with van der Waals surface area (Å²) >= 11 is 1.57. The Bertz CT molecular complexity index is 476. The number of rotatable bonds is 1. The number of nitrogens with one attached hydrogen (secondary N) is 1. The van der Waals surface area contributed by atoms with Gasteiger partial charge in [0, 0.05) is 4.70 Å². The lowest BCUT2D eigenvalue weighted by molar-refractivity contribution is 1.46. The summed E-state index contributed by atoms with van der Waals surface area (Å²) in [6.07, 6.45) is 0. The summed E-state index contributed by atoms with van der Waals surface area (Å²) in [5.41, 5.74) is 6.65. The molecule has 2 rings (SSSR count). The van der Waals surface area contributed by atoms with Gasteiger partial charge in [0.2, 0.25) is 0 Å². The number of hydrogen-bond donors (Lipinski definition) is 2. The van der Waals surface area contributed by atoms with Crippen LogP contribution in [0.3, 0.4) is 0 Å². The van der Waals surface area contributed by atoms with E-state index >= 15 is 0 Å². The van der Waals surface area contributed by atoms with Crippen molar-refractivity contribution in [3.8, 4) is 0 Å². The van der Waals surface area contributed by atoms with Crippen molar-refractivity contribution in [1.29, 1.82) is 5.41 Å². The Morgan fingerprint density at radius 2 is 2.07 bits per heavy atom. The van der Waals surface area contributed by atoms with Crippen LogP contribution < -0.4 is 5.73 Å². The van der Waals surface area contributed by atoms with E-state index in [0.29, 0.717) is 0 Å². The Morgan fingerprint density at radius 3 is 2.71 bits per heavy atom. The van der Waals surface area contributed by atoms with E-state index in [9.17, 15) is 0 Å². The molecule has 0 aliphatic rings. The highest BCUT2D eigenvalue weighted by Crippen LogP contribution is 2.25. The molecule has 0 unspecified atom stereocenters. The number of fused-ring (bicyclic) bond motifs is 1. The average Bonchev–Trinajstić information content (AvgIpc) is 2.46. The summed E-state index contributed by atoms with van der Waals surface area (Å²) < 4.78 is 1.20. The zero-order chi connectivity index (χ0) is 9.42. The van der Waals surface area contributed by atoms with Crippen LogP contribution in [-0.4, -0.2) is 5.84 Å². The first-order valence-corrected chi connectivity index (χ1v) is 4.83. The van der Waals surface area contributed by atoms with Crippen LogP contribution in [0, 0.1) is 12.3 Å². The van der Waals surface area contributed by atoms with E-state index < -0.39 is 0 Å². The number of amidine groups is 1. The van der Waals surface area contributed by atoms with Crippen molar-refractivity contribution in [2.75, 3.05) is 0 Å². The highest BCUT2D eigenvalue weighted by atomic mass is 35.5. The fourth-order valence-corrected chi connectivity index (χ4v) is 2.29. The fraction of sp³-hybridized carbons (Fsp3) is 0.100. The smallest absolute Gasteiger partial charge is 0.133 e. The predicted molar refractivity (Wildman–Crippen MR) is 64.8 cm³/mol. The number of nitrogens with two attached hydrogens (primary N) is 1. The van der Waals surface area contributed by atoms with E-state index in [1.807, 2.05) is 6.07 Å². The third kappa shape index (κ3) is 1.89. The molecular weight excluding hydrogens is 216 g/mol. The van der Waals surface area contributed by atoms with Crippen LogP contribution >= 0.6 is 23.7 Å². The van der Waals surface area contributed by atoms with Crippen molar-refractivity contribution < 1.29 is 0 Å². The van der Waals surface area contributed by atoms with Crippen LogP contribution in [0.2, 0.25) is 0 Å². The lowest BCUT2D eigenvalue weighted by Gasteiger charge is -1.89. The lowest BCUT2D eigenvalue weighted by atomic mass is 10.2. The van der Waals surface area contributed by atoms with Gasteiger partial charge in [-0.25, -0.2) is 0 Å². The number of benzene rings is 1. The first kappa shape index (κ1) is 11.0. The maximum absolute atomic E-state index is 7.31. The Morgan fingerprint density at radius 1 is 1.36 bits per heavy atom. The van der Waals surface area contributed by atoms with E-state index in [1.54, 1.807) is 11.3 Å². The second-order valence-electron chi connectivity index (χ2n) is 3.07. The molecule has 2 nitrogen and oxygen atoms in total. The minimum Gasteiger partial charge on any atom is -0.383 e. The van der Waals surface area contributed by atoms with Gasteiger partial charge in [-0.3, -0.25) is 5.41 Å². The average molecular weight is 227 g/mol. The van der Waals surface area contributed by atoms with Gasteiger partial charge in [-0.2, -0.15) is 0 Å². The van der Waals surface area contributed by atoms with Crippen molar-refractivity contribution in [2.45, 2.75) is 6.92 Å². The third-order valence-corrected chi connectivity index (χ3v) is 3.07. The zero-order valence-corrected chi connectivity index (χ0v) is 9.34. The molecule has 0 radical (unpaired) electrons. The summed E-state index contributed by atoms with van der Waals surface area (Å²) in [6.45, 7) is 2.06. The fourth-order valence-electron chi connectivity index (χ4n) is 1.27. The summed E-state index contributed by atoms with van der Waals surface area (Å²) in [5, 5.41) is 8.48. The van der Waals surface area contributed by atoms with Crippen LogP contribution in [0.4, 0.5) is 0 Å². The molecule has 4 heteroatoms. The molecule has 1 aromatic heterocycles. The molecule has 0 spiro atoms. The maximum atomic E-state index is 7.31. The van der Waals surface area contributed by atoms with E-state index in [4.69, 9.17) is 11.1 Å². The second kappa shape index (κ2) is 3.98. The monoisotopic (exact) mass is 226 g/mol. The van der Waals surface area contributed by atoms with Crippen molar-refractivity contribution >= 4 is 39.7 Å². The number of hydrogen-bond acceptors (Lipinski definition) is 2. The number of nitrogen functional groups attached to an aromatic ring is 1. The SMILES string of the molecule is Cc1ccc2cc(C(=N)N)sc2c1.Cl. The number of halogens is 1. The highest BCUT2D eigenvalue weighted by Gasteiger charge is 2.03. The van der Waals surface area contributed by atoms with Crippen LogP contribution in [0.1, 0.15) is 10.4 Å². The van der Waals surface area contributed by atoms with Crippen molar-refractivity contribution in [2.24, 2.45) is 5.73 Å². The van der Waals surface area contributed by atoms with Crippen molar-refractivity contribution in [1.82, 2.24) is 0 Å². The number of thiophene rings is 1. The topological polar surface area (TPSA) is 49.9 Å². The van der Waals surface area contributed by atoms with Crippen molar-refractivity contribution in [3.63, 3.8) is 0 Å². The van der Waals surface area contributed by atoms with Gasteiger partial charge in [-0.1, -0.05) is 12.1 Å². The molecule has 2 aromatic rings. The van der Waals surface area contributed by atoms with E-state index in [1.165, 1.54) is 15.6 Å². The van der Waals surface area contributed by atoms with Crippen molar-refractivity contribution in [3.05, 3.63) is 34.7 Å². The molecular formula is C10H11ClN2S. The quantitative estimate of drug-likeness (QED) is 0.570. The minimum absolute atomic E-state index is 0. The maximum Gasteiger partial charge on any atom is 0.133 e. The molecule has 14 heavy (non-hydrogen) atoms. The van der Waals surface area contributed by atoms with Crippen LogP contribution in [-0.2, 0) is 0 Å². The molecule has 0 saturated heterocycles. The van der Waals surface area contributed by atoms with Gasteiger partial charge in [0.05, 0.1) is 4.88 Å². The largest absolute Gasteiger partial charge is 0.383 e. The van der Waals surface area contributed by atoms with Crippen LogP contribution in [0.5, 0.6) is 0 Å². The molecule has 1 heterocycles. The molecule has 3 N–H and O–H groups in total. The Balaban J connectivity index is 0.000000980. The molecule has 0 saturated carbocycles. The molecule has 0 fully saturated rings. The standard InChI is InChI=1S/C10H10N2S.ClH/c1-6-2-3-7-5-9(10(11)12)13-8(7)4-6;/h2-5H,1H3,(H3,11,12);1H. The molecule has 1 aromatic carbocycles. The van der Waals surface area contributed by atoms with Gasteiger partial charge in [0.15, 0.2) is 0 Å². The highest BCUT2D eigenvalue weighted by molar-refractivity contribution is 7.20. The van der Waals surface area contributed by atoms with Crippen LogP contribution in [0.25, 0.3) is 10.1 Å². The summed E-state index contributed by atoms with van der Waals surface area (Å²) in [4.78, 5) is 0.848. The first-order valence-electron chi connectivity index (χ1n) is 4.01. The molecule has 0 aliphatic carbocycles. The molecule has 0 amide bonds. The van der Waals surface area contributed by atoms with Gasteiger partial charge in [0.25, 0.3) is 0 Å². The molecule has 0 aliphatic heterocycles. The Hall–Kier alpha value is -1.06. The lowest BCUT2D eigenvalue weighted by Crippen LogP contribution is -2.08. The van der Waals surface area contributed by atoms with E-state index in [2.05, 4.69) is 25.1 Å². The normalized spacial score (nSPS) is 9.79. The zero-order valence-electron chi connectivity index (χ0n) is 7.70. The molecule has 0 bridgehead atoms. The second-order valence-corrected chi connectivity index (χ2v) is 4.15. The van der Waals surface area contributed by atoms with Gasteiger partial charge < -0.3 is 5.73 Å². The predicted octanol–water partition coefficient (Wildman–Crippen LogP) is 2.92. The molecule has 74 valence electrons. The van der Waals surface area contributed by atoms with Gasteiger partial charge >= 0.3 is 0 Å². The third-order valence-electron chi connectivity index (χ3n) is 1.94. The Kier molecular flexibility index (Phi) is 3.13. The van der Waals surface area contributed by atoms with Gasteiger partial charge in [-0.05, 0) is 30.0 Å². The van der Waals surface area contributed by atoms with Crippen LogP contribution in [0.15, 0.2) is 24.3 Å². The van der Waals surface area contributed by atoms with Gasteiger partial charge in [-0.15, -0.1) is 23.7 Å². The van der Waals surface area contributed by atoms with E-state index in [0.717, 1.165) is 4.88 Å². The summed E-state index contributed by atoms with van der Waals surface area (Å²) in [5.74, 6) is 0.152. The minimum atomic E-state index is 0. The molecule has 0 atom stereocenters. The first-order chi connectivity index (χ1) is 6.16.